The molecule has 1 aliphatic rings. The molecule has 8 nitrogen and oxygen atoms in total. The minimum absolute atomic E-state index is 0.139. The van der Waals surface area contributed by atoms with Crippen LogP contribution in [0.2, 0.25) is 0 Å². The van der Waals surface area contributed by atoms with Gasteiger partial charge in [-0.3, -0.25) is 9.89 Å². The van der Waals surface area contributed by atoms with E-state index in [-0.39, 0.29) is 23.7 Å². The van der Waals surface area contributed by atoms with E-state index >= 15 is 0 Å². The van der Waals surface area contributed by atoms with Crippen LogP contribution >= 0.6 is 0 Å². The first-order valence-corrected chi connectivity index (χ1v) is 11.1. The highest BCUT2D eigenvalue weighted by molar-refractivity contribution is 5.96. The maximum Gasteiger partial charge on any atom is 0.407 e. The summed E-state index contributed by atoms with van der Waals surface area (Å²) < 4.78 is 19.9. The normalized spacial score (nSPS) is 18.7. The third-order valence-corrected chi connectivity index (χ3v) is 5.65. The Kier molecular flexibility index (Phi) is 6.31. The number of ether oxygens (including phenoxy) is 1. The van der Waals surface area contributed by atoms with E-state index in [9.17, 15) is 14.0 Å². The molecule has 174 valence electrons. The second-order valence-electron chi connectivity index (χ2n) is 9.38. The Morgan fingerprint density at radius 3 is 2.79 bits per heavy atom. The number of hydrogen-bond donors (Lipinski definition) is 3. The van der Waals surface area contributed by atoms with E-state index in [1.807, 2.05) is 12.1 Å². The Morgan fingerprint density at radius 2 is 2.00 bits per heavy atom. The maximum absolute atomic E-state index is 14.6. The summed E-state index contributed by atoms with van der Waals surface area (Å²) in [6, 6.07) is 6.87. The molecule has 1 fully saturated rings. The van der Waals surface area contributed by atoms with Gasteiger partial charge in [-0.2, -0.15) is 5.10 Å². The summed E-state index contributed by atoms with van der Waals surface area (Å²) in [6.45, 7) is 5.42. The number of carbonyl (C=O) groups excluding carboxylic acids is 2. The zero-order valence-corrected chi connectivity index (χ0v) is 18.9. The van der Waals surface area contributed by atoms with Crippen molar-refractivity contribution in [3.63, 3.8) is 0 Å². The second kappa shape index (κ2) is 9.17. The zero-order valence-electron chi connectivity index (χ0n) is 18.9. The summed E-state index contributed by atoms with van der Waals surface area (Å²) in [5, 5.41) is 13.4. The fourth-order valence-corrected chi connectivity index (χ4v) is 4.18. The number of benzene rings is 1. The molecule has 0 unspecified atom stereocenters. The molecular formula is C24H28FN5O3. The molecule has 2 amide bonds. The van der Waals surface area contributed by atoms with E-state index < -0.39 is 17.5 Å². The maximum atomic E-state index is 14.6. The highest BCUT2D eigenvalue weighted by Gasteiger charge is 2.29. The number of H-pyrrole nitrogens is 1. The van der Waals surface area contributed by atoms with E-state index in [2.05, 4.69) is 25.8 Å². The number of nitrogens with zero attached hydrogens (tertiary/aromatic N) is 2. The number of fused-ring (bicyclic) bond motifs is 1. The van der Waals surface area contributed by atoms with Gasteiger partial charge in [0.05, 0.1) is 17.9 Å². The molecule has 1 saturated carbocycles. The van der Waals surface area contributed by atoms with Crippen LogP contribution in [0.4, 0.5) is 15.0 Å². The lowest BCUT2D eigenvalue weighted by atomic mass is 9.85. The van der Waals surface area contributed by atoms with Gasteiger partial charge in [-0.25, -0.2) is 14.2 Å². The first-order valence-electron chi connectivity index (χ1n) is 11.1. The largest absolute Gasteiger partial charge is 0.444 e. The molecule has 3 N–H and O–H groups in total. The van der Waals surface area contributed by atoms with Crippen LogP contribution in [0.1, 0.15) is 46.5 Å². The van der Waals surface area contributed by atoms with Crippen LogP contribution < -0.4 is 10.6 Å². The third kappa shape index (κ3) is 5.47. The molecule has 9 heteroatoms. The van der Waals surface area contributed by atoms with Crippen LogP contribution in [-0.4, -0.2) is 38.8 Å². The predicted molar refractivity (Wildman–Crippen MR) is 123 cm³/mol. The van der Waals surface area contributed by atoms with Crippen LogP contribution in [-0.2, 0) is 9.53 Å². The summed E-state index contributed by atoms with van der Waals surface area (Å²) in [5.74, 6) is -0.691. The summed E-state index contributed by atoms with van der Waals surface area (Å²) in [6.07, 6.45) is 5.08. The van der Waals surface area contributed by atoms with E-state index in [0.29, 0.717) is 24.0 Å². The van der Waals surface area contributed by atoms with Crippen molar-refractivity contribution in [1.29, 1.82) is 0 Å². The van der Waals surface area contributed by atoms with E-state index in [1.165, 1.54) is 6.07 Å². The number of hydrogen-bond acceptors (Lipinski definition) is 5. The van der Waals surface area contributed by atoms with Gasteiger partial charge in [0.15, 0.2) is 0 Å². The highest BCUT2D eigenvalue weighted by Crippen LogP contribution is 2.31. The Morgan fingerprint density at radius 1 is 1.18 bits per heavy atom. The van der Waals surface area contributed by atoms with Crippen molar-refractivity contribution in [3.05, 3.63) is 42.5 Å². The first-order chi connectivity index (χ1) is 15.7. The van der Waals surface area contributed by atoms with Crippen molar-refractivity contribution >= 4 is 28.7 Å². The van der Waals surface area contributed by atoms with Gasteiger partial charge in [0.1, 0.15) is 17.2 Å². The van der Waals surface area contributed by atoms with Crippen LogP contribution in [0.3, 0.4) is 0 Å². The number of halogens is 1. The number of aromatic amines is 1. The molecule has 0 bridgehead atoms. The average Bonchev–Trinajstić information content (AvgIpc) is 3.23. The quantitative estimate of drug-likeness (QED) is 0.526. The lowest BCUT2D eigenvalue weighted by Crippen LogP contribution is -2.43. The monoisotopic (exact) mass is 453 g/mol. The van der Waals surface area contributed by atoms with Crippen molar-refractivity contribution in [3.8, 4) is 11.1 Å². The van der Waals surface area contributed by atoms with Crippen molar-refractivity contribution in [2.24, 2.45) is 5.92 Å². The Hall–Kier alpha value is -3.49. The highest BCUT2D eigenvalue weighted by atomic mass is 19.1. The number of pyridine rings is 1. The number of amides is 2. The van der Waals surface area contributed by atoms with Gasteiger partial charge in [-0.15, -0.1) is 0 Å². The van der Waals surface area contributed by atoms with E-state index in [4.69, 9.17) is 4.74 Å². The van der Waals surface area contributed by atoms with E-state index in [1.54, 1.807) is 33.0 Å². The molecule has 1 aromatic carbocycles. The molecule has 1 aliphatic carbocycles. The molecule has 0 aliphatic heterocycles. The molecule has 0 radical (unpaired) electrons. The lowest BCUT2D eigenvalue weighted by Gasteiger charge is -2.30. The fourth-order valence-electron chi connectivity index (χ4n) is 4.18. The molecule has 2 aromatic heterocycles. The average molecular weight is 454 g/mol. The standard InChI is InChI=1S/C24H28FN5O3/c1-24(2,3)33-23(32)28-15-7-4-6-14(10-15)22(31)29-21-11-17(19(25)13-26-21)16-8-5-9-20-18(16)12-27-30-20/h5,8-9,11-15H,4,6-7,10H2,1-3H3,(H,27,30)(H,28,32)(H,26,29,31)/t14-,15+/m0/s1. The minimum atomic E-state index is -0.581. The number of carbonyl (C=O) groups is 2. The van der Waals surface area contributed by atoms with Gasteiger partial charge in [0.25, 0.3) is 0 Å². The Balaban J connectivity index is 1.45. The van der Waals surface area contributed by atoms with Crippen molar-refractivity contribution in [1.82, 2.24) is 20.5 Å². The van der Waals surface area contributed by atoms with Crippen molar-refractivity contribution in [2.45, 2.75) is 58.1 Å². The molecular weight excluding hydrogens is 425 g/mol. The van der Waals surface area contributed by atoms with Gasteiger partial charge in [-0.1, -0.05) is 18.6 Å². The van der Waals surface area contributed by atoms with Gasteiger partial charge in [0.2, 0.25) is 5.91 Å². The molecule has 2 atom stereocenters. The smallest absolute Gasteiger partial charge is 0.407 e. The molecule has 4 rings (SSSR count). The predicted octanol–water partition coefficient (Wildman–Crippen LogP) is 4.79. The molecule has 3 aromatic rings. The Bertz CT molecular complexity index is 1170. The van der Waals surface area contributed by atoms with Gasteiger partial charge < -0.3 is 15.4 Å². The van der Waals surface area contributed by atoms with Crippen LogP contribution in [0.25, 0.3) is 22.0 Å². The number of alkyl carbamates (subject to hydrolysis) is 1. The number of nitrogens with one attached hydrogen (secondary N) is 3. The molecule has 0 saturated heterocycles. The number of rotatable bonds is 4. The van der Waals surface area contributed by atoms with Crippen molar-refractivity contribution < 1.29 is 18.7 Å². The lowest BCUT2D eigenvalue weighted by molar-refractivity contribution is -0.121. The van der Waals surface area contributed by atoms with Crippen LogP contribution in [0.15, 0.2) is 36.7 Å². The number of aromatic nitrogens is 3. The SMILES string of the molecule is CC(C)(C)OC(=O)N[C@@H]1CCC[C@H](C(=O)Nc2cc(-c3cccc4[nH]ncc34)c(F)cn2)C1. The zero-order chi connectivity index (χ0) is 23.6. The van der Waals surface area contributed by atoms with Gasteiger partial charge >= 0.3 is 6.09 Å². The van der Waals surface area contributed by atoms with Gasteiger partial charge in [-0.05, 0) is 57.7 Å². The summed E-state index contributed by atoms with van der Waals surface area (Å²) in [5.41, 5.74) is 1.21. The van der Waals surface area contributed by atoms with Crippen molar-refractivity contribution in [2.75, 3.05) is 5.32 Å². The molecule has 33 heavy (non-hydrogen) atoms. The van der Waals surface area contributed by atoms with Crippen LogP contribution in [0.5, 0.6) is 0 Å². The summed E-state index contributed by atoms with van der Waals surface area (Å²) >= 11 is 0. The fraction of sp³-hybridized carbons (Fsp3) is 0.417. The molecule has 0 spiro atoms. The van der Waals surface area contributed by atoms with Gasteiger partial charge in [0, 0.05) is 22.9 Å². The first kappa shape index (κ1) is 22.7. The third-order valence-electron chi connectivity index (χ3n) is 5.65. The van der Waals surface area contributed by atoms with Crippen LogP contribution in [0, 0.1) is 11.7 Å². The molecule has 2 heterocycles. The summed E-state index contributed by atoms with van der Waals surface area (Å²) in [4.78, 5) is 29.1. The summed E-state index contributed by atoms with van der Waals surface area (Å²) in [7, 11) is 0. The minimum Gasteiger partial charge on any atom is -0.444 e. The van der Waals surface area contributed by atoms with E-state index in [0.717, 1.165) is 29.9 Å². The topological polar surface area (TPSA) is 109 Å². The second-order valence-corrected chi connectivity index (χ2v) is 9.38. The number of anilines is 1. The Labute approximate surface area is 191 Å².